The van der Waals surface area contributed by atoms with Gasteiger partial charge in [-0.15, -0.1) is 0 Å². The lowest BCUT2D eigenvalue weighted by atomic mass is 10.1. The summed E-state index contributed by atoms with van der Waals surface area (Å²) < 4.78 is 1.93. The molecule has 0 aromatic rings. The second-order valence-electron chi connectivity index (χ2n) is 2.16. The Hall–Kier alpha value is -0.660. The maximum atomic E-state index is 10.6. The zero-order valence-corrected chi connectivity index (χ0v) is 4.89. The minimum atomic E-state index is 0.380. The molecule has 44 valence electrons. The Morgan fingerprint density at radius 2 is 1.88 bits per heavy atom. The van der Waals surface area contributed by atoms with Crippen LogP contribution in [0.3, 0.4) is 0 Å². The molecule has 0 spiro atoms. The molecule has 0 N–H and O–H groups in total. The maximum Gasteiger partial charge on any atom is 0.149 e. The van der Waals surface area contributed by atoms with E-state index in [1.165, 1.54) is 0 Å². The molecule has 0 amide bonds. The van der Waals surface area contributed by atoms with Crippen LogP contribution in [0.1, 0.15) is 12.8 Å². The van der Waals surface area contributed by atoms with Gasteiger partial charge in [0.25, 0.3) is 0 Å². The average molecular weight is 112 g/mol. The molecule has 1 aliphatic heterocycles. The third-order valence-corrected chi connectivity index (χ3v) is 1.41. The highest BCUT2D eigenvalue weighted by Crippen LogP contribution is 1.97. The first-order valence-electron chi connectivity index (χ1n) is 2.86. The lowest BCUT2D eigenvalue weighted by molar-refractivity contribution is -0.522. The van der Waals surface area contributed by atoms with Crippen LogP contribution >= 0.6 is 0 Å². The van der Waals surface area contributed by atoms with Crippen LogP contribution in [0, 0.1) is 0 Å². The van der Waals surface area contributed by atoms with E-state index >= 15 is 0 Å². The van der Waals surface area contributed by atoms with Crippen molar-refractivity contribution in [3.8, 4) is 0 Å². The van der Waals surface area contributed by atoms with E-state index in [9.17, 15) is 4.79 Å². The van der Waals surface area contributed by atoms with Crippen LogP contribution in [0.4, 0.5) is 0 Å². The van der Waals surface area contributed by atoms with E-state index in [0.29, 0.717) is 18.6 Å². The normalized spacial score (nSPS) is 21.5. The number of Topliss-reactive ketones (excluding diaryl/α,β-unsaturated/α-hetero) is 1. The molecule has 1 rings (SSSR count). The smallest absolute Gasteiger partial charge is 0.149 e. The largest absolute Gasteiger partial charge is 0.299 e. The fourth-order valence-electron chi connectivity index (χ4n) is 0.802. The number of nitrogens with zero attached hydrogens (tertiary/aromatic N) is 1. The van der Waals surface area contributed by atoms with Crippen molar-refractivity contribution in [2.75, 3.05) is 13.1 Å². The van der Waals surface area contributed by atoms with Crippen LogP contribution in [0.2, 0.25) is 0 Å². The summed E-state index contributed by atoms with van der Waals surface area (Å²) in [5, 5.41) is 0. The van der Waals surface area contributed by atoms with Gasteiger partial charge in [0.2, 0.25) is 0 Å². The lowest BCUT2D eigenvalue weighted by Crippen LogP contribution is -2.24. The van der Waals surface area contributed by atoms with Crippen molar-refractivity contribution in [2.24, 2.45) is 0 Å². The second kappa shape index (κ2) is 2.07. The van der Waals surface area contributed by atoms with Gasteiger partial charge in [0.05, 0.1) is 12.8 Å². The van der Waals surface area contributed by atoms with Gasteiger partial charge in [0.15, 0.2) is 0 Å². The van der Waals surface area contributed by atoms with E-state index in [2.05, 4.69) is 6.72 Å². The predicted octanol–water partition coefficient (Wildman–Crippen LogP) is 0.0624. The third kappa shape index (κ3) is 1.15. The van der Waals surface area contributed by atoms with E-state index in [0.717, 1.165) is 13.1 Å². The van der Waals surface area contributed by atoms with Crippen molar-refractivity contribution in [1.29, 1.82) is 0 Å². The van der Waals surface area contributed by atoms with E-state index in [-0.39, 0.29) is 0 Å². The fraction of sp³-hybridized carbons (Fsp3) is 0.667. The Labute approximate surface area is 48.8 Å². The van der Waals surface area contributed by atoms with Gasteiger partial charge in [-0.2, -0.15) is 0 Å². The SMILES string of the molecule is C=[N+]1CCC(=O)CC1. The molecular formula is C6H10NO+. The Morgan fingerprint density at radius 1 is 1.38 bits per heavy atom. The summed E-state index contributed by atoms with van der Waals surface area (Å²) in [4.78, 5) is 10.6. The highest BCUT2D eigenvalue weighted by molar-refractivity contribution is 5.78. The highest BCUT2D eigenvalue weighted by Gasteiger charge is 2.14. The van der Waals surface area contributed by atoms with Crippen molar-refractivity contribution < 1.29 is 9.37 Å². The molecule has 0 radical (unpaired) electrons. The van der Waals surface area contributed by atoms with Crippen molar-refractivity contribution in [3.05, 3.63) is 0 Å². The van der Waals surface area contributed by atoms with Crippen LogP contribution in [0.15, 0.2) is 0 Å². The van der Waals surface area contributed by atoms with Crippen molar-refractivity contribution in [2.45, 2.75) is 12.8 Å². The third-order valence-electron chi connectivity index (χ3n) is 1.41. The van der Waals surface area contributed by atoms with Gasteiger partial charge in [-0.05, 0) is 0 Å². The summed E-state index contributed by atoms with van der Waals surface area (Å²) in [5.41, 5.74) is 0. The van der Waals surface area contributed by atoms with E-state index < -0.39 is 0 Å². The van der Waals surface area contributed by atoms with E-state index in [4.69, 9.17) is 0 Å². The van der Waals surface area contributed by atoms with Crippen LogP contribution < -0.4 is 0 Å². The van der Waals surface area contributed by atoms with Crippen molar-refractivity contribution in [3.63, 3.8) is 0 Å². The number of ketones is 1. The monoisotopic (exact) mass is 112 g/mol. The molecule has 8 heavy (non-hydrogen) atoms. The van der Waals surface area contributed by atoms with Crippen LogP contribution in [0.5, 0.6) is 0 Å². The minimum Gasteiger partial charge on any atom is -0.299 e. The van der Waals surface area contributed by atoms with Crippen LogP contribution in [-0.2, 0) is 4.79 Å². The molecule has 0 saturated carbocycles. The molecule has 2 nitrogen and oxygen atoms in total. The van der Waals surface area contributed by atoms with Crippen molar-refractivity contribution >= 4 is 12.5 Å². The molecule has 1 heterocycles. The van der Waals surface area contributed by atoms with Crippen molar-refractivity contribution in [1.82, 2.24) is 0 Å². The quantitative estimate of drug-likeness (QED) is 0.406. The molecule has 0 aliphatic carbocycles. The summed E-state index contributed by atoms with van der Waals surface area (Å²) in [6, 6.07) is 0. The molecule has 1 fully saturated rings. The number of rotatable bonds is 0. The minimum absolute atomic E-state index is 0.380. The van der Waals surface area contributed by atoms with Gasteiger partial charge in [0.1, 0.15) is 25.6 Å². The summed E-state index contributed by atoms with van der Waals surface area (Å²) in [6.45, 7) is 5.41. The molecule has 0 atom stereocenters. The fourth-order valence-corrected chi connectivity index (χ4v) is 0.802. The van der Waals surface area contributed by atoms with Gasteiger partial charge >= 0.3 is 0 Å². The van der Waals surface area contributed by atoms with Gasteiger partial charge in [-0.3, -0.25) is 4.79 Å². The summed E-state index contributed by atoms with van der Waals surface area (Å²) in [5.74, 6) is 0.380. The molecule has 0 aromatic carbocycles. The summed E-state index contributed by atoms with van der Waals surface area (Å²) in [7, 11) is 0. The van der Waals surface area contributed by atoms with E-state index in [1.54, 1.807) is 0 Å². The number of piperidine rings is 1. The van der Waals surface area contributed by atoms with Gasteiger partial charge in [-0.25, -0.2) is 4.58 Å². The first-order valence-corrected chi connectivity index (χ1v) is 2.86. The molecule has 2 heteroatoms. The molecule has 1 saturated heterocycles. The molecule has 1 aliphatic rings. The van der Waals surface area contributed by atoms with Gasteiger partial charge in [-0.1, -0.05) is 0 Å². The lowest BCUT2D eigenvalue weighted by Gasteiger charge is -2.05. The predicted molar refractivity (Wildman–Crippen MR) is 31.4 cm³/mol. The second-order valence-corrected chi connectivity index (χ2v) is 2.16. The first-order chi connectivity index (χ1) is 3.79. The molecule has 0 bridgehead atoms. The van der Waals surface area contributed by atoms with Gasteiger partial charge < -0.3 is 0 Å². The highest BCUT2D eigenvalue weighted by atomic mass is 16.1. The van der Waals surface area contributed by atoms with Crippen LogP contribution in [0.25, 0.3) is 0 Å². The number of hydrogen-bond acceptors (Lipinski definition) is 1. The molecule has 0 aromatic heterocycles. The first kappa shape index (κ1) is 5.48. The van der Waals surface area contributed by atoms with E-state index in [1.807, 2.05) is 4.58 Å². The van der Waals surface area contributed by atoms with Crippen LogP contribution in [-0.4, -0.2) is 30.2 Å². The van der Waals surface area contributed by atoms with Gasteiger partial charge in [0, 0.05) is 0 Å². The topological polar surface area (TPSA) is 20.1 Å². The average Bonchev–Trinajstić information content (AvgIpc) is 1.77. The molecule has 0 unspecified atom stereocenters. The number of carbonyl (C=O) groups excluding carboxylic acids is 1. The standard InChI is InChI=1S/C6H10NO/c1-7-4-2-6(8)3-5-7/h1-5H2/q+1. The number of hydrogen-bond donors (Lipinski definition) is 0. The Morgan fingerprint density at radius 3 is 2.25 bits per heavy atom. The zero-order chi connectivity index (χ0) is 5.98. The molecular weight excluding hydrogens is 102 g/mol. The Bertz CT molecular complexity index is 100. The summed E-state index contributed by atoms with van der Waals surface area (Å²) in [6.07, 6.45) is 1.40. The summed E-state index contributed by atoms with van der Waals surface area (Å²) >= 11 is 0. The zero-order valence-electron chi connectivity index (χ0n) is 4.89. The Balaban J connectivity index is 2.40. The number of carbonyl (C=O) groups is 1. The maximum absolute atomic E-state index is 10.6. The Kier molecular flexibility index (Phi) is 1.42.